The highest BCUT2D eigenvalue weighted by molar-refractivity contribution is 5.92. The number of aromatic nitrogens is 1. The fraction of sp³-hybridized carbons (Fsp3) is 0.267. The minimum atomic E-state index is -0.271. The van der Waals surface area contributed by atoms with Gasteiger partial charge >= 0.3 is 0 Å². The van der Waals surface area contributed by atoms with Crippen LogP contribution in [0.2, 0.25) is 0 Å². The van der Waals surface area contributed by atoms with Gasteiger partial charge in [-0.15, -0.1) is 0 Å². The largest absolute Gasteiger partial charge is 0.512 e. The zero-order valence-corrected chi connectivity index (χ0v) is 9.99. The highest BCUT2D eigenvalue weighted by atomic mass is 19.1. The summed E-state index contributed by atoms with van der Waals surface area (Å²) in [5.74, 6) is 0.172. The Balaban J connectivity index is 2.25. The first-order valence-electron chi connectivity index (χ1n) is 6.21. The fourth-order valence-corrected chi connectivity index (χ4v) is 2.56. The molecule has 1 aliphatic carbocycles. The molecule has 0 spiro atoms. The second-order valence-electron chi connectivity index (χ2n) is 4.65. The molecule has 92 valence electrons. The van der Waals surface area contributed by atoms with Crippen molar-refractivity contribution in [1.29, 1.82) is 0 Å². The number of nitrogens with zero attached hydrogens (tertiary/aromatic N) is 1. The van der Waals surface area contributed by atoms with E-state index in [4.69, 9.17) is 0 Å². The first-order chi connectivity index (χ1) is 8.75. The Morgan fingerprint density at radius 2 is 1.94 bits per heavy atom. The van der Waals surface area contributed by atoms with Gasteiger partial charge in [0.15, 0.2) is 0 Å². The summed E-state index contributed by atoms with van der Waals surface area (Å²) in [6.45, 7) is 0. The van der Waals surface area contributed by atoms with Crippen LogP contribution in [0.4, 0.5) is 4.39 Å². The molecule has 0 saturated heterocycles. The molecular formula is C15H14FNO. The summed E-state index contributed by atoms with van der Waals surface area (Å²) in [7, 11) is 0. The molecular weight excluding hydrogens is 229 g/mol. The van der Waals surface area contributed by atoms with Gasteiger partial charge in [-0.05, 0) is 54.7 Å². The number of halogens is 1. The third-order valence-electron chi connectivity index (χ3n) is 3.47. The zero-order chi connectivity index (χ0) is 12.5. The number of fused-ring (bicyclic) bond motifs is 1. The summed E-state index contributed by atoms with van der Waals surface area (Å²) in [6.07, 6.45) is 5.37. The summed E-state index contributed by atoms with van der Waals surface area (Å²) in [6, 6.07) is 6.44. The molecule has 0 fully saturated rings. The molecule has 1 aromatic carbocycles. The van der Waals surface area contributed by atoms with E-state index in [1.165, 1.54) is 12.1 Å². The molecule has 2 aromatic rings. The second kappa shape index (κ2) is 4.41. The molecule has 3 rings (SSSR count). The van der Waals surface area contributed by atoms with Crippen LogP contribution in [0.25, 0.3) is 16.5 Å². The molecule has 1 aromatic heterocycles. The number of hydrogen-bond donors (Lipinski definition) is 1. The molecule has 0 aliphatic heterocycles. The summed E-state index contributed by atoms with van der Waals surface area (Å²) in [4.78, 5) is 4.23. The quantitative estimate of drug-likeness (QED) is 0.813. The Morgan fingerprint density at radius 1 is 1.11 bits per heavy atom. The van der Waals surface area contributed by atoms with E-state index in [2.05, 4.69) is 4.98 Å². The van der Waals surface area contributed by atoms with Crippen LogP contribution in [0.1, 0.15) is 31.2 Å². The van der Waals surface area contributed by atoms with E-state index in [1.54, 1.807) is 12.3 Å². The molecule has 0 amide bonds. The van der Waals surface area contributed by atoms with Gasteiger partial charge in [-0.2, -0.15) is 0 Å². The van der Waals surface area contributed by atoms with Crippen LogP contribution in [0.5, 0.6) is 0 Å². The van der Waals surface area contributed by atoms with Crippen LogP contribution in [0.15, 0.2) is 36.2 Å². The van der Waals surface area contributed by atoms with E-state index in [0.717, 1.165) is 41.3 Å². The number of rotatable bonds is 1. The summed E-state index contributed by atoms with van der Waals surface area (Å²) in [5, 5.41) is 10.8. The van der Waals surface area contributed by atoms with Crippen LogP contribution >= 0.6 is 0 Å². The van der Waals surface area contributed by atoms with E-state index in [-0.39, 0.29) is 5.82 Å². The Kier molecular flexibility index (Phi) is 2.74. The molecule has 18 heavy (non-hydrogen) atoms. The third-order valence-corrected chi connectivity index (χ3v) is 3.47. The number of aliphatic hydroxyl groups excluding tert-OH is 1. The van der Waals surface area contributed by atoms with Crippen LogP contribution in [-0.4, -0.2) is 10.1 Å². The van der Waals surface area contributed by atoms with Crippen molar-refractivity contribution in [2.45, 2.75) is 25.7 Å². The van der Waals surface area contributed by atoms with Crippen molar-refractivity contribution >= 4 is 16.5 Å². The molecule has 2 nitrogen and oxygen atoms in total. The first kappa shape index (κ1) is 11.2. The smallest absolute Gasteiger partial charge is 0.123 e. The van der Waals surface area contributed by atoms with E-state index in [1.807, 2.05) is 6.07 Å². The molecule has 0 atom stereocenters. The standard InChI is InChI=1S/C15H14FNO/c16-10-5-6-14-13(9-10)11(7-8-17-14)12-3-1-2-4-15(12)18/h5-9,18H,1-4H2. The van der Waals surface area contributed by atoms with Crippen molar-refractivity contribution in [2.75, 3.05) is 0 Å². The average Bonchev–Trinajstić information content (AvgIpc) is 2.39. The SMILES string of the molecule is OC1=C(c2ccnc3ccc(F)cc23)CCCC1. The lowest BCUT2D eigenvalue weighted by atomic mass is 9.90. The zero-order valence-electron chi connectivity index (χ0n) is 9.99. The van der Waals surface area contributed by atoms with Gasteiger partial charge in [-0.1, -0.05) is 0 Å². The van der Waals surface area contributed by atoms with Crippen molar-refractivity contribution in [1.82, 2.24) is 4.98 Å². The Hall–Kier alpha value is -1.90. The minimum Gasteiger partial charge on any atom is -0.512 e. The minimum absolute atomic E-state index is 0.271. The first-order valence-corrected chi connectivity index (χ1v) is 6.21. The van der Waals surface area contributed by atoms with Crippen LogP contribution in [0, 0.1) is 5.82 Å². The van der Waals surface area contributed by atoms with Gasteiger partial charge in [0.05, 0.1) is 11.3 Å². The van der Waals surface area contributed by atoms with Gasteiger partial charge in [0.25, 0.3) is 0 Å². The maximum Gasteiger partial charge on any atom is 0.123 e. The average molecular weight is 243 g/mol. The lowest BCUT2D eigenvalue weighted by Gasteiger charge is -2.17. The van der Waals surface area contributed by atoms with Crippen molar-refractivity contribution in [3.8, 4) is 0 Å². The summed E-state index contributed by atoms with van der Waals surface area (Å²) < 4.78 is 13.4. The van der Waals surface area contributed by atoms with E-state index < -0.39 is 0 Å². The van der Waals surface area contributed by atoms with Crippen LogP contribution < -0.4 is 0 Å². The van der Waals surface area contributed by atoms with E-state index in [9.17, 15) is 9.50 Å². The molecule has 1 N–H and O–H groups in total. The molecule has 1 aliphatic rings. The molecule has 1 heterocycles. The topological polar surface area (TPSA) is 33.1 Å². The monoisotopic (exact) mass is 243 g/mol. The van der Waals surface area contributed by atoms with Gasteiger partial charge in [0.2, 0.25) is 0 Å². The number of benzene rings is 1. The molecule has 3 heteroatoms. The lowest BCUT2D eigenvalue weighted by Crippen LogP contribution is -2.00. The normalized spacial score (nSPS) is 16.3. The molecule has 0 saturated carbocycles. The fourth-order valence-electron chi connectivity index (χ4n) is 2.56. The molecule has 0 unspecified atom stereocenters. The number of hydrogen-bond acceptors (Lipinski definition) is 2. The predicted molar refractivity (Wildman–Crippen MR) is 69.7 cm³/mol. The number of pyridine rings is 1. The maximum atomic E-state index is 13.4. The van der Waals surface area contributed by atoms with Crippen molar-refractivity contribution < 1.29 is 9.50 Å². The van der Waals surface area contributed by atoms with Gasteiger partial charge in [-0.3, -0.25) is 4.98 Å². The lowest BCUT2D eigenvalue weighted by molar-refractivity contribution is 0.374. The second-order valence-corrected chi connectivity index (χ2v) is 4.65. The summed E-state index contributed by atoms with van der Waals surface area (Å²) >= 11 is 0. The van der Waals surface area contributed by atoms with E-state index in [0.29, 0.717) is 12.2 Å². The van der Waals surface area contributed by atoms with Crippen molar-refractivity contribution in [2.24, 2.45) is 0 Å². The van der Waals surface area contributed by atoms with Crippen molar-refractivity contribution in [3.05, 3.63) is 47.6 Å². The van der Waals surface area contributed by atoms with Crippen molar-refractivity contribution in [3.63, 3.8) is 0 Å². The Bertz CT molecular complexity index is 633. The van der Waals surface area contributed by atoms with Gasteiger partial charge in [-0.25, -0.2) is 4.39 Å². The highest BCUT2D eigenvalue weighted by Gasteiger charge is 2.16. The Labute approximate surface area is 105 Å². The van der Waals surface area contributed by atoms with E-state index >= 15 is 0 Å². The van der Waals surface area contributed by atoms with Gasteiger partial charge in [0, 0.05) is 18.0 Å². The molecule has 0 bridgehead atoms. The van der Waals surface area contributed by atoms with Gasteiger partial charge in [0.1, 0.15) is 5.82 Å². The number of allylic oxidation sites excluding steroid dienone is 2. The highest BCUT2D eigenvalue weighted by Crippen LogP contribution is 2.34. The maximum absolute atomic E-state index is 13.4. The Morgan fingerprint density at radius 3 is 2.78 bits per heavy atom. The van der Waals surface area contributed by atoms with Gasteiger partial charge < -0.3 is 5.11 Å². The van der Waals surface area contributed by atoms with Crippen LogP contribution in [-0.2, 0) is 0 Å². The molecule has 0 radical (unpaired) electrons. The van der Waals surface area contributed by atoms with Crippen LogP contribution in [0.3, 0.4) is 0 Å². The summed E-state index contributed by atoms with van der Waals surface area (Å²) in [5.41, 5.74) is 2.62. The predicted octanol–water partition coefficient (Wildman–Crippen LogP) is 4.22. The number of aliphatic hydroxyl groups is 1. The third kappa shape index (κ3) is 1.86.